The van der Waals surface area contributed by atoms with Gasteiger partial charge in [-0.25, -0.2) is 4.39 Å². The van der Waals surface area contributed by atoms with E-state index in [0.717, 1.165) is 5.56 Å². The second-order valence-corrected chi connectivity index (χ2v) is 5.13. The van der Waals surface area contributed by atoms with E-state index < -0.39 is 0 Å². The molecule has 0 radical (unpaired) electrons. The van der Waals surface area contributed by atoms with Gasteiger partial charge in [0, 0.05) is 18.4 Å². The zero-order chi connectivity index (χ0) is 15.9. The topological polar surface area (TPSA) is 46.2 Å². The van der Waals surface area contributed by atoms with Gasteiger partial charge in [-0.05, 0) is 36.8 Å². The number of hydrogen-bond donors (Lipinski definition) is 1. The highest BCUT2D eigenvalue weighted by Gasteiger charge is 2.12. The molecule has 0 fully saturated rings. The van der Waals surface area contributed by atoms with Crippen molar-refractivity contribution in [3.05, 3.63) is 71.5 Å². The van der Waals surface area contributed by atoms with E-state index in [1.165, 1.54) is 24.3 Å². The summed E-state index contributed by atoms with van der Waals surface area (Å²) in [7, 11) is 0. The van der Waals surface area contributed by atoms with Crippen molar-refractivity contribution in [2.24, 2.45) is 0 Å². The molecule has 1 atom stereocenters. The molecule has 0 saturated heterocycles. The van der Waals surface area contributed by atoms with Crippen LogP contribution in [0.25, 0.3) is 0 Å². The minimum absolute atomic E-state index is 0.102. The Bertz CT molecular complexity index is 638. The third-order valence-electron chi connectivity index (χ3n) is 3.42. The molecule has 2 rings (SSSR count). The molecule has 0 spiro atoms. The van der Waals surface area contributed by atoms with Crippen LogP contribution in [-0.4, -0.2) is 11.7 Å². The summed E-state index contributed by atoms with van der Waals surface area (Å²) in [6, 6.07) is 14.9. The second kappa shape index (κ2) is 7.50. The van der Waals surface area contributed by atoms with Gasteiger partial charge in [-0.15, -0.1) is 0 Å². The number of hydrogen-bond acceptors (Lipinski definition) is 2. The fourth-order valence-electron chi connectivity index (χ4n) is 2.15. The van der Waals surface area contributed by atoms with Crippen LogP contribution < -0.4 is 5.32 Å². The van der Waals surface area contributed by atoms with Crippen LogP contribution in [0.2, 0.25) is 0 Å². The lowest BCUT2D eigenvalue weighted by Gasteiger charge is -2.14. The van der Waals surface area contributed by atoms with Gasteiger partial charge < -0.3 is 5.32 Å². The minimum atomic E-state index is -0.383. The molecule has 1 amide bonds. The second-order valence-electron chi connectivity index (χ2n) is 5.13. The highest BCUT2D eigenvalue weighted by atomic mass is 19.1. The van der Waals surface area contributed by atoms with Crippen LogP contribution in [0.5, 0.6) is 0 Å². The number of Topliss-reactive ketones (excluding diaryl/α,β-unsaturated/α-hetero) is 1. The van der Waals surface area contributed by atoms with Gasteiger partial charge in [-0.1, -0.05) is 30.3 Å². The molecule has 22 heavy (non-hydrogen) atoms. The first kappa shape index (κ1) is 15.9. The third-order valence-corrected chi connectivity index (χ3v) is 3.42. The molecule has 2 aromatic carbocycles. The van der Waals surface area contributed by atoms with Crippen molar-refractivity contribution in [3.8, 4) is 0 Å². The van der Waals surface area contributed by atoms with Crippen molar-refractivity contribution in [1.82, 2.24) is 5.32 Å². The molecular formula is C18H18FNO2. The third kappa shape index (κ3) is 4.52. The molecule has 1 N–H and O–H groups in total. The summed E-state index contributed by atoms with van der Waals surface area (Å²) in [4.78, 5) is 23.8. The number of ketones is 1. The molecule has 2 aromatic rings. The maximum Gasteiger partial charge on any atom is 0.220 e. The van der Waals surface area contributed by atoms with Gasteiger partial charge in [0.1, 0.15) is 5.82 Å². The molecule has 0 aliphatic carbocycles. The van der Waals surface area contributed by atoms with E-state index in [2.05, 4.69) is 5.32 Å². The van der Waals surface area contributed by atoms with Gasteiger partial charge in [-0.2, -0.15) is 0 Å². The number of halogens is 1. The van der Waals surface area contributed by atoms with Crippen molar-refractivity contribution in [2.45, 2.75) is 25.8 Å². The van der Waals surface area contributed by atoms with Gasteiger partial charge in [-0.3, -0.25) is 9.59 Å². The first-order chi connectivity index (χ1) is 10.6. The zero-order valence-electron chi connectivity index (χ0n) is 12.4. The van der Waals surface area contributed by atoms with Crippen LogP contribution in [0.1, 0.15) is 41.7 Å². The fraction of sp³-hybridized carbons (Fsp3) is 0.222. The van der Waals surface area contributed by atoms with Crippen molar-refractivity contribution >= 4 is 11.7 Å². The minimum Gasteiger partial charge on any atom is -0.350 e. The predicted octanol–water partition coefficient (Wildman–Crippen LogP) is 3.67. The first-order valence-electron chi connectivity index (χ1n) is 7.19. The summed E-state index contributed by atoms with van der Waals surface area (Å²) in [6.45, 7) is 1.90. The molecule has 4 heteroatoms. The Morgan fingerprint density at radius 3 is 2.27 bits per heavy atom. The number of nitrogens with one attached hydrogen (secondary N) is 1. The lowest BCUT2D eigenvalue weighted by molar-refractivity contribution is -0.121. The Hall–Kier alpha value is -2.49. The Morgan fingerprint density at radius 1 is 1.00 bits per heavy atom. The monoisotopic (exact) mass is 299 g/mol. The molecule has 0 heterocycles. The van der Waals surface area contributed by atoms with Crippen molar-refractivity contribution in [2.75, 3.05) is 0 Å². The quantitative estimate of drug-likeness (QED) is 0.827. The average molecular weight is 299 g/mol. The lowest BCUT2D eigenvalue weighted by Crippen LogP contribution is -2.26. The summed E-state index contributed by atoms with van der Waals surface area (Å²) in [5, 5.41) is 2.86. The average Bonchev–Trinajstić information content (AvgIpc) is 2.54. The largest absolute Gasteiger partial charge is 0.350 e. The standard InChI is InChI=1S/C18H18FNO2/c1-13(14-5-3-2-4-6-14)20-18(22)12-11-17(21)15-7-9-16(19)10-8-15/h2-10,13H,11-12H2,1H3,(H,20,22)/t13-/m1/s1. The number of amides is 1. The summed E-state index contributed by atoms with van der Waals surface area (Å²) in [5.41, 5.74) is 1.44. The molecule has 114 valence electrons. The van der Waals surface area contributed by atoms with Gasteiger partial charge >= 0.3 is 0 Å². The molecule has 0 saturated carbocycles. The number of carbonyl (C=O) groups excluding carboxylic acids is 2. The zero-order valence-corrected chi connectivity index (χ0v) is 12.4. The van der Waals surface area contributed by atoms with Crippen molar-refractivity contribution in [3.63, 3.8) is 0 Å². The molecule has 3 nitrogen and oxygen atoms in total. The van der Waals surface area contributed by atoms with E-state index in [1.54, 1.807) is 0 Å². The molecule has 0 aromatic heterocycles. The number of rotatable bonds is 6. The molecule has 0 aliphatic heterocycles. The maximum atomic E-state index is 12.8. The van der Waals surface area contributed by atoms with Crippen molar-refractivity contribution in [1.29, 1.82) is 0 Å². The van der Waals surface area contributed by atoms with Crippen LogP contribution in [-0.2, 0) is 4.79 Å². The summed E-state index contributed by atoms with van der Waals surface area (Å²) in [6.07, 6.45) is 0.229. The van der Waals surface area contributed by atoms with Gasteiger partial charge in [0.15, 0.2) is 5.78 Å². The van der Waals surface area contributed by atoms with Crippen molar-refractivity contribution < 1.29 is 14.0 Å². The van der Waals surface area contributed by atoms with Gasteiger partial charge in [0.2, 0.25) is 5.91 Å². The van der Waals surface area contributed by atoms with E-state index in [-0.39, 0.29) is 36.4 Å². The van der Waals surface area contributed by atoms with Crippen LogP contribution >= 0.6 is 0 Å². The normalized spacial score (nSPS) is 11.7. The van der Waals surface area contributed by atoms with E-state index in [4.69, 9.17) is 0 Å². The lowest BCUT2D eigenvalue weighted by atomic mass is 10.1. The SMILES string of the molecule is C[C@@H](NC(=O)CCC(=O)c1ccc(F)cc1)c1ccccc1. The predicted molar refractivity (Wildman–Crippen MR) is 83.0 cm³/mol. The van der Waals surface area contributed by atoms with Crippen LogP contribution in [0.4, 0.5) is 4.39 Å². The Kier molecular flexibility index (Phi) is 5.42. The van der Waals surface area contributed by atoms with Crippen LogP contribution in [0, 0.1) is 5.82 Å². The van der Waals surface area contributed by atoms with E-state index >= 15 is 0 Å². The smallest absolute Gasteiger partial charge is 0.220 e. The maximum absolute atomic E-state index is 12.8. The fourth-order valence-corrected chi connectivity index (χ4v) is 2.15. The van der Waals surface area contributed by atoms with Gasteiger partial charge in [0.05, 0.1) is 6.04 Å². The first-order valence-corrected chi connectivity index (χ1v) is 7.19. The molecular weight excluding hydrogens is 281 g/mol. The Morgan fingerprint density at radius 2 is 1.64 bits per heavy atom. The van der Waals surface area contributed by atoms with Crippen LogP contribution in [0.3, 0.4) is 0 Å². The van der Waals surface area contributed by atoms with Crippen LogP contribution in [0.15, 0.2) is 54.6 Å². The summed E-state index contributed by atoms with van der Waals surface area (Å²) >= 11 is 0. The highest BCUT2D eigenvalue weighted by Crippen LogP contribution is 2.12. The molecule has 0 aliphatic rings. The summed E-state index contributed by atoms with van der Waals surface area (Å²) in [5.74, 6) is -0.722. The number of carbonyl (C=O) groups is 2. The molecule has 0 bridgehead atoms. The van der Waals surface area contributed by atoms with Gasteiger partial charge in [0.25, 0.3) is 0 Å². The number of benzene rings is 2. The Labute approximate surface area is 129 Å². The molecule has 0 unspecified atom stereocenters. The van der Waals surface area contributed by atoms with E-state index in [9.17, 15) is 14.0 Å². The Balaban J connectivity index is 1.82. The summed E-state index contributed by atoms with van der Waals surface area (Å²) < 4.78 is 12.8. The highest BCUT2D eigenvalue weighted by molar-refractivity contribution is 5.97. The van der Waals surface area contributed by atoms with E-state index in [0.29, 0.717) is 5.56 Å². The van der Waals surface area contributed by atoms with E-state index in [1.807, 2.05) is 37.3 Å².